The highest BCUT2D eigenvalue weighted by Gasteiger charge is 2.15. The monoisotopic (exact) mass is 240 g/mol. The molecule has 0 aliphatic heterocycles. The Morgan fingerprint density at radius 3 is 2.94 bits per heavy atom. The van der Waals surface area contributed by atoms with Crippen molar-refractivity contribution >= 4 is 5.78 Å². The van der Waals surface area contributed by atoms with Crippen LogP contribution in [0.5, 0.6) is 0 Å². The molecule has 0 fully saturated rings. The van der Waals surface area contributed by atoms with Gasteiger partial charge in [-0.3, -0.25) is 4.79 Å². The third-order valence-electron chi connectivity index (χ3n) is 3.66. The zero-order valence-electron chi connectivity index (χ0n) is 10.5. The van der Waals surface area contributed by atoms with E-state index in [1.54, 1.807) is 6.20 Å². The van der Waals surface area contributed by atoms with Gasteiger partial charge < -0.3 is 4.57 Å². The van der Waals surface area contributed by atoms with Gasteiger partial charge in [0.25, 0.3) is 0 Å². The van der Waals surface area contributed by atoms with Gasteiger partial charge in [0.1, 0.15) is 5.82 Å². The smallest absolute Gasteiger partial charge is 0.170 e. The van der Waals surface area contributed by atoms with Gasteiger partial charge in [-0.1, -0.05) is 12.1 Å². The first kappa shape index (κ1) is 11.2. The van der Waals surface area contributed by atoms with Crippen LogP contribution < -0.4 is 0 Å². The summed E-state index contributed by atoms with van der Waals surface area (Å²) in [6.07, 6.45) is 7.45. The molecule has 1 aromatic carbocycles. The molecule has 1 heterocycles. The zero-order valence-corrected chi connectivity index (χ0v) is 10.5. The second kappa shape index (κ2) is 4.41. The molecule has 0 saturated carbocycles. The van der Waals surface area contributed by atoms with E-state index < -0.39 is 0 Å². The molecule has 0 unspecified atom stereocenters. The minimum atomic E-state index is 0.152. The molecule has 0 radical (unpaired) electrons. The summed E-state index contributed by atoms with van der Waals surface area (Å²) in [7, 11) is 1.91. The quantitative estimate of drug-likeness (QED) is 0.772. The topological polar surface area (TPSA) is 34.9 Å². The number of hydrogen-bond donors (Lipinski definition) is 0. The summed E-state index contributed by atoms with van der Waals surface area (Å²) < 4.78 is 1.89. The Hall–Kier alpha value is -1.90. The molecule has 92 valence electrons. The lowest BCUT2D eigenvalue weighted by Gasteiger charge is -2.04. The van der Waals surface area contributed by atoms with Crippen molar-refractivity contribution in [2.24, 2.45) is 7.05 Å². The van der Waals surface area contributed by atoms with E-state index in [9.17, 15) is 4.79 Å². The van der Waals surface area contributed by atoms with Gasteiger partial charge in [-0.15, -0.1) is 0 Å². The van der Waals surface area contributed by atoms with Crippen LogP contribution in [0.1, 0.15) is 33.7 Å². The number of benzene rings is 1. The van der Waals surface area contributed by atoms with Crippen LogP contribution in [0, 0.1) is 0 Å². The number of aryl methyl sites for hydroxylation is 3. The second-order valence-corrected chi connectivity index (χ2v) is 4.89. The first-order valence-corrected chi connectivity index (χ1v) is 6.35. The summed E-state index contributed by atoms with van der Waals surface area (Å²) in [6, 6.07) is 6.12. The number of ketones is 1. The SMILES string of the molecule is Cn1ccnc1CC(=O)c1ccc2c(c1)CCC2. The first-order valence-electron chi connectivity index (χ1n) is 6.35. The molecule has 18 heavy (non-hydrogen) atoms. The van der Waals surface area contributed by atoms with Crippen LogP contribution in [0.2, 0.25) is 0 Å². The third-order valence-corrected chi connectivity index (χ3v) is 3.66. The number of fused-ring (bicyclic) bond motifs is 1. The molecular weight excluding hydrogens is 224 g/mol. The van der Waals surface area contributed by atoms with Gasteiger partial charge in [0.05, 0.1) is 6.42 Å². The highest BCUT2D eigenvalue weighted by molar-refractivity contribution is 5.97. The van der Waals surface area contributed by atoms with Crippen molar-refractivity contribution < 1.29 is 4.79 Å². The van der Waals surface area contributed by atoms with Crippen LogP contribution in [0.25, 0.3) is 0 Å². The fourth-order valence-corrected chi connectivity index (χ4v) is 2.56. The van der Waals surface area contributed by atoms with Gasteiger partial charge in [-0.05, 0) is 36.5 Å². The summed E-state index contributed by atoms with van der Waals surface area (Å²) in [6.45, 7) is 0. The number of aromatic nitrogens is 2. The van der Waals surface area contributed by atoms with Crippen LogP contribution in [-0.4, -0.2) is 15.3 Å². The van der Waals surface area contributed by atoms with Crippen LogP contribution in [0.3, 0.4) is 0 Å². The Bertz CT molecular complexity index is 598. The molecule has 0 atom stereocenters. The molecule has 3 heteroatoms. The number of rotatable bonds is 3. The Labute approximate surface area is 106 Å². The molecule has 0 spiro atoms. The van der Waals surface area contributed by atoms with Gasteiger partial charge in [0, 0.05) is 25.0 Å². The highest BCUT2D eigenvalue weighted by atomic mass is 16.1. The Balaban J connectivity index is 1.83. The Morgan fingerprint density at radius 1 is 1.33 bits per heavy atom. The van der Waals surface area contributed by atoms with E-state index in [-0.39, 0.29) is 5.78 Å². The third kappa shape index (κ3) is 1.96. The van der Waals surface area contributed by atoms with Crippen molar-refractivity contribution in [1.82, 2.24) is 9.55 Å². The summed E-state index contributed by atoms with van der Waals surface area (Å²) in [4.78, 5) is 16.4. The summed E-state index contributed by atoms with van der Waals surface area (Å²) >= 11 is 0. The number of nitrogens with zero attached hydrogens (tertiary/aromatic N) is 2. The van der Waals surface area contributed by atoms with Gasteiger partial charge in [0.15, 0.2) is 5.78 Å². The van der Waals surface area contributed by atoms with Crippen molar-refractivity contribution in [3.63, 3.8) is 0 Å². The van der Waals surface area contributed by atoms with Gasteiger partial charge in [-0.25, -0.2) is 4.98 Å². The number of imidazole rings is 1. The molecule has 1 aliphatic rings. The van der Waals surface area contributed by atoms with Crippen molar-refractivity contribution in [1.29, 1.82) is 0 Å². The van der Waals surface area contributed by atoms with Gasteiger partial charge in [0.2, 0.25) is 0 Å². The van der Waals surface area contributed by atoms with Crippen molar-refractivity contribution in [3.8, 4) is 0 Å². The standard InChI is InChI=1S/C15H16N2O/c1-17-8-7-16-15(17)10-14(18)13-6-5-11-3-2-4-12(11)9-13/h5-9H,2-4,10H2,1H3. The van der Waals surface area contributed by atoms with Crippen molar-refractivity contribution in [3.05, 3.63) is 53.1 Å². The predicted molar refractivity (Wildman–Crippen MR) is 69.7 cm³/mol. The molecule has 0 bridgehead atoms. The van der Waals surface area contributed by atoms with Crippen LogP contribution >= 0.6 is 0 Å². The lowest BCUT2D eigenvalue weighted by Crippen LogP contribution is -2.08. The van der Waals surface area contributed by atoms with E-state index in [1.807, 2.05) is 23.9 Å². The minimum Gasteiger partial charge on any atom is -0.338 e. The molecule has 0 saturated heterocycles. The van der Waals surface area contributed by atoms with E-state index >= 15 is 0 Å². The van der Waals surface area contributed by atoms with Crippen molar-refractivity contribution in [2.75, 3.05) is 0 Å². The van der Waals surface area contributed by atoms with E-state index in [2.05, 4.69) is 17.1 Å². The number of hydrogen-bond acceptors (Lipinski definition) is 2. The molecule has 2 aromatic rings. The Morgan fingerprint density at radius 2 is 2.17 bits per heavy atom. The second-order valence-electron chi connectivity index (χ2n) is 4.89. The van der Waals surface area contributed by atoms with Gasteiger partial charge in [-0.2, -0.15) is 0 Å². The summed E-state index contributed by atoms with van der Waals surface area (Å²) in [5.41, 5.74) is 3.57. The fraction of sp³-hybridized carbons (Fsp3) is 0.333. The normalized spacial score (nSPS) is 13.6. The highest BCUT2D eigenvalue weighted by Crippen LogP contribution is 2.23. The predicted octanol–water partition coefficient (Wildman–Crippen LogP) is 2.33. The minimum absolute atomic E-state index is 0.152. The van der Waals surface area contributed by atoms with E-state index in [4.69, 9.17) is 0 Å². The fourth-order valence-electron chi connectivity index (χ4n) is 2.56. The van der Waals surface area contributed by atoms with Crippen LogP contribution in [0.15, 0.2) is 30.6 Å². The maximum Gasteiger partial charge on any atom is 0.170 e. The number of carbonyl (C=O) groups is 1. The average molecular weight is 240 g/mol. The Kier molecular flexibility index (Phi) is 2.74. The van der Waals surface area contributed by atoms with E-state index in [1.165, 1.54) is 17.5 Å². The number of carbonyl (C=O) groups excluding carboxylic acids is 1. The lowest BCUT2D eigenvalue weighted by molar-refractivity contribution is 0.0990. The molecular formula is C15H16N2O. The molecule has 1 aliphatic carbocycles. The molecule has 3 rings (SSSR count). The molecule has 3 nitrogen and oxygen atoms in total. The maximum absolute atomic E-state index is 12.2. The number of Topliss-reactive ketones (excluding diaryl/α,β-unsaturated/α-hetero) is 1. The summed E-state index contributed by atoms with van der Waals surface area (Å²) in [5, 5.41) is 0. The first-order chi connectivity index (χ1) is 8.74. The van der Waals surface area contributed by atoms with E-state index in [0.717, 1.165) is 24.2 Å². The largest absolute Gasteiger partial charge is 0.338 e. The maximum atomic E-state index is 12.2. The van der Waals surface area contributed by atoms with Crippen molar-refractivity contribution in [2.45, 2.75) is 25.7 Å². The van der Waals surface area contributed by atoms with Gasteiger partial charge >= 0.3 is 0 Å². The van der Waals surface area contributed by atoms with E-state index in [0.29, 0.717) is 6.42 Å². The van der Waals surface area contributed by atoms with Crippen LogP contribution in [-0.2, 0) is 26.3 Å². The summed E-state index contributed by atoms with van der Waals surface area (Å²) in [5.74, 6) is 0.972. The zero-order chi connectivity index (χ0) is 12.5. The molecule has 0 amide bonds. The molecule has 0 N–H and O–H groups in total. The lowest BCUT2D eigenvalue weighted by atomic mass is 10.0. The average Bonchev–Trinajstić information content (AvgIpc) is 2.98. The van der Waals surface area contributed by atoms with Crippen LogP contribution in [0.4, 0.5) is 0 Å². The molecule has 1 aromatic heterocycles.